The number of aliphatic hydroxyl groups excluding tert-OH is 1. The number of aliphatic hydroxyl groups is 1. The van der Waals surface area contributed by atoms with Crippen molar-refractivity contribution in [2.45, 2.75) is 38.5 Å². The first-order valence-corrected chi connectivity index (χ1v) is 12.0. The zero-order valence-electron chi connectivity index (χ0n) is 20.0. The lowest BCUT2D eigenvalue weighted by Crippen LogP contribution is -2.56. The summed E-state index contributed by atoms with van der Waals surface area (Å²) in [6.07, 6.45) is 5.60. The number of hydrogen-bond donors (Lipinski definition) is 3. The van der Waals surface area contributed by atoms with E-state index >= 15 is 0 Å². The number of H-pyrrole nitrogens is 1. The molecule has 13 heteroatoms. The first kappa shape index (κ1) is 23.0. The summed E-state index contributed by atoms with van der Waals surface area (Å²) in [5, 5.41) is 23.9. The Balaban J connectivity index is 1.19. The highest BCUT2D eigenvalue weighted by molar-refractivity contribution is 5.95. The summed E-state index contributed by atoms with van der Waals surface area (Å²) in [5.41, 5.74) is 1.88. The Morgan fingerprint density at radius 1 is 1.16 bits per heavy atom. The van der Waals surface area contributed by atoms with Crippen molar-refractivity contribution in [2.75, 3.05) is 23.3 Å². The molecule has 0 aliphatic carbocycles. The van der Waals surface area contributed by atoms with Crippen LogP contribution in [0.3, 0.4) is 0 Å². The molecular weight excluding hydrogens is 479 g/mol. The number of aromatic nitrogens is 7. The van der Waals surface area contributed by atoms with Crippen LogP contribution in [-0.2, 0) is 6.61 Å². The SMILES string of the molecule is Cc1cc(Nc2cc(CO)nc(N3CC4CC[C@H](C3)N4C(=O)c3ccc(-n4cc(F)cn4)nc3)n2)n[nH]1. The fraction of sp³-hybridized carbons (Fsp3) is 0.333. The van der Waals surface area contributed by atoms with E-state index in [1.54, 1.807) is 18.2 Å². The number of nitrogens with zero attached hydrogens (tertiary/aromatic N) is 8. The number of halogens is 1. The lowest BCUT2D eigenvalue weighted by Gasteiger charge is -2.41. The number of pyridine rings is 1. The summed E-state index contributed by atoms with van der Waals surface area (Å²) >= 11 is 0. The second kappa shape index (κ2) is 9.24. The van der Waals surface area contributed by atoms with Gasteiger partial charge >= 0.3 is 0 Å². The van der Waals surface area contributed by atoms with E-state index in [1.165, 1.54) is 17.1 Å². The van der Waals surface area contributed by atoms with Crippen molar-refractivity contribution in [1.82, 2.24) is 39.8 Å². The van der Waals surface area contributed by atoms with E-state index in [0.29, 0.717) is 47.7 Å². The second-order valence-corrected chi connectivity index (χ2v) is 9.27. The summed E-state index contributed by atoms with van der Waals surface area (Å²) in [4.78, 5) is 30.9. The molecule has 2 atom stereocenters. The smallest absolute Gasteiger partial charge is 0.256 e. The standard InChI is InChI=1S/C24H25FN10O2/c1-14-6-21(32-31-14)29-20-7-17(13-36)28-24(30-20)33-11-18-3-4-19(12-33)35(18)23(37)15-2-5-22(26-8-15)34-10-16(25)9-27-34/h2,5-10,18-19,36H,3-4,11-13H2,1H3,(H2,28,29,30,31,32)/t18-,19?/m1/s1. The van der Waals surface area contributed by atoms with Crippen molar-refractivity contribution in [3.8, 4) is 5.82 Å². The van der Waals surface area contributed by atoms with Gasteiger partial charge in [0.2, 0.25) is 5.95 Å². The molecule has 2 aliphatic heterocycles. The first-order valence-electron chi connectivity index (χ1n) is 12.0. The molecule has 1 unspecified atom stereocenters. The highest BCUT2D eigenvalue weighted by Crippen LogP contribution is 2.33. The van der Waals surface area contributed by atoms with Gasteiger partial charge in [-0.25, -0.2) is 19.0 Å². The molecule has 0 aromatic carbocycles. The predicted octanol–water partition coefficient (Wildman–Crippen LogP) is 1.96. The highest BCUT2D eigenvalue weighted by atomic mass is 19.1. The van der Waals surface area contributed by atoms with E-state index in [0.717, 1.165) is 24.7 Å². The van der Waals surface area contributed by atoms with Crippen molar-refractivity contribution < 1.29 is 14.3 Å². The number of aromatic amines is 1. The number of anilines is 3. The minimum atomic E-state index is -0.455. The molecule has 2 saturated heterocycles. The Hall–Kier alpha value is -4.39. The van der Waals surface area contributed by atoms with Crippen molar-refractivity contribution in [2.24, 2.45) is 0 Å². The molecule has 2 fully saturated rings. The van der Waals surface area contributed by atoms with Gasteiger partial charge in [-0.15, -0.1) is 0 Å². The molecule has 2 aliphatic rings. The predicted molar refractivity (Wildman–Crippen MR) is 131 cm³/mol. The first-order chi connectivity index (χ1) is 18.0. The molecule has 190 valence electrons. The summed E-state index contributed by atoms with van der Waals surface area (Å²) in [6.45, 7) is 2.85. The maximum Gasteiger partial charge on any atom is 0.256 e. The minimum Gasteiger partial charge on any atom is -0.390 e. The topological polar surface area (TPSA) is 141 Å². The fourth-order valence-electron chi connectivity index (χ4n) is 5.00. The van der Waals surface area contributed by atoms with E-state index < -0.39 is 5.82 Å². The number of hydrogen-bond acceptors (Lipinski definition) is 9. The molecule has 4 aromatic heterocycles. The van der Waals surface area contributed by atoms with Gasteiger partial charge in [0, 0.05) is 37.1 Å². The van der Waals surface area contributed by atoms with Gasteiger partial charge in [0.05, 0.1) is 42.3 Å². The van der Waals surface area contributed by atoms with Crippen LogP contribution in [0.2, 0.25) is 0 Å². The van der Waals surface area contributed by atoms with Gasteiger partial charge in [0.15, 0.2) is 17.5 Å². The number of carbonyl (C=O) groups is 1. The van der Waals surface area contributed by atoms with Crippen LogP contribution >= 0.6 is 0 Å². The molecule has 4 aromatic rings. The van der Waals surface area contributed by atoms with Crippen molar-refractivity contribution in [1.29, 1.82) is 0 Å². The average Bonchev–Trinajstić information content (AvgIpc) is 3.60. The second-order valence-electron chi connectivity index (χ2n) is 9.27. The van der Waals surface area contributed by atoms with Gasteiger partial charge in [0.1, 0.15) is 5.82 Å². The molecule has 37 heavy (non-hydrogen) atoms. The van der Waals surface area contributed by atoms with E-state index in [2.05, 4.69) is 40.5 Å². The molecule has 12 nitrogen and oxygen atoms in total. The maximum absolute atomic E-state index is 13.4. The molecule has 2 bridgehead atoms. The van der Waals surface area contributed by atoms with E-state index in [-0.39, 0.29) is 24.6 Å². The molecule has 1 amide bonds. The number of piperazine rings is 1. The van der Waals surface area contributed by atoms with Crippen LogP contribution in [0.4, 0.5) is 22.0 Å². The van der Waals surface area contributed by atoms with Gasteiger partial charge in [-0.1, -0.05) is 0 Å². The number of aryl methyl sites for hydroxylation is 1. The quantitative estimate of drug-likeness (QED) is 0.359. The van der Waals surface area contributed by atoms with Crippen molar-refractivity contribution >= 4 is 23.5 Å². The lowest BCUT2D eigenvalue weighted by atomic mass is 10.1. The van der Waals surface area contributed by atoms with Crippen LogP contribution in [0.25, 0.3) is 5.82 Å². The summed E-state index contributed by atoms with van der Waals surface area (Å²) in [5.74, 6) is 1.56. The number of rotatable bonds is 6. The Labute approximate surface area is 211 Å². The largest absolute Gasteiger partial charge is 0.390 e. The molecule has 3 N–H and O–H groups in total. The third-order valence-corrected chi connectivity index (χ3v) is 6.67. The third-order valence-electron chi connectivity index (χ3n) is 6.67. The van der Waals surface area contributed by atoms with Gasteiger partial charge < -0.3 is 20.2 Å². The summed E-state index contributed by atoms with van der Waals surface area (Å²) in [7, 11) is 0. The lowest BCUT2D eigenvalue weighted by molar-refractivity contribution is 0.0640. The molecule has 6 rings (SSSR count). The molecule has 0 radical (unpaired) electrons. The van der Waals surface area contributed by atoms with Crippen LogP contribution < -0.4 is 10.2 Å². The van der Waals surface area contributed by atoms with E-state index in [1.807, 2.05) is 17.9 Å². The van der Waals surface area contributed by atoms with Gasteiger partial charge in [-0.05, 0) is 31.9 Å². The van der Waals surface area contributed by atoms with Crippen LogP contribution in [0.15, 0.2) is 42.9 Å². The number of fused-ring (bicyclic) bond motifs is 2. The molecule has 6 heterocycles. The summed E-state index contributed by atoms with van der Waals surface area (Å²) in [6, 6.07) is 6.89. The minimum absolute atomic E-state index is 0.00193. The highest BCUT2D eigenvalue weighted by Gasteiger charge is 2.43. The van der Waals surface area contributed by atoms with Crippen LogP contribution in [0.5, 0.6) is 0 Å². The number of nitrogens with one attached hydrogen (secondary N) is 2. The number of carbonyl (C=O) groups excluding carboxylic acids is 1. The van der Waals surface area contributed by atoms with E-state index in [4.69, 9.17) is 0 Å². The van der Waals surface area contributed by atoms with E-state index in [9.17, 15) is 14.3 Å². The van der Waals surface area contributed by atoms with Gasteiger partial charge in [-0.2, -0.15) is 15.2 Å². The van der Waals surface area contributed by atoms with Gasteiger partial charge in [-0.3, -0.25) is 9.89 Å². The number of amides is 1. The Bertz CT molecular complexity index is 1420. The zero-order chi connectivity index (χ0) is 25.5. The maximum atomic E-state index is 13.4. The average molecular weight is 505 g/mol. The normalized spacial score (nSPS) is 18.9. The summed E-state index contributed by atoms with van der Waals surface area (Å²) < 4.78 is 14.6. The zero-order valence-corrected chi connectivity index (χ0v) is 20.0. The Morgan fingerprint density at radius 2 is 1.97 bits per heavy atom. The fourth-order valence-corrected chi connectivity index (χ4v) is 5.00. The molecular formula is C24H25FN10O2. The monoisotopic (exact) mass is 504 g/mol. The van der Waals surface area contributed by atoms with Crippen molar-refractivity contribution in [3.63, 3.8) is 0 Å². The van der Waals surface area contributed by atoms with Crippen LogP contribution in [0.1, 0.15) is 34.6 Å². The van der Waals surface area contributed by atoms with Gasteiger partial charge in [0.25, 0.3) is 5.91 Å². The van der Waals surface area contributed by atoms with Crippen molar-refractivity contribution in [3.05, 3.63) is 65.6 Å². The van der Waals surface area contributed by atoms with Crippen LogP contribution in [0, 0.1) is 12.7 Å². The Morgan fingerprint density at radius 3 is 2.59 bits per heavy atom. The van der Waals surface area contributed by atoms with Crippen LogP contribution in [-0.4, -0.2) is 76.0 Å². The third kappa shape index (κ3) is 4.48. The Kier molecular flexibility index (Phi) is 5.75. The molecule has 0 saturated carbocycles. The molecule has 0 spiro atoms.